The minimum absolute atomic E-state index is 0.0983. The van der Waals surface area contributed by atoms with E-state index < -0.39 is 56.5 Å². The zero-order chi connectivity index (χ0) is 43.2. The predicted octanol–water partition coefficient (Wildman–Crippen LogP) is 15.8. The molecule has 0 saturated heterocycles. The molecule has 0 amide bonds. The van der Waals surface area contributed by atoms with E-state index in [2.05, 4.69) is 0 Å². The molecule has 2 atom stereocenters. The molecule has 0 aliphatic heterocycles. The van der Waals surface area contributed by atoms with Crippen LogP contribution in [0.4, 0.5) is 52.7 Å². The molecule has 0 nitrogen and oxygen atoms in total. The summed E-state index contributed by atoms with van der Waals surface area (Å²) in [6, 6.07) is 12.2. The van der Waals surface area contributed by atoms with Crippen LogP contribution in [0.2, 0.25) is 12.1 Å². The van der Waals surface area contributed by atoms with Crippen LogP contribution in [0, 0.1) is 13.8 Å². The lowest BCUT2D eigenvalue weighted by molar-refractivity contribution is -0.144. The van der Waals surface area contributed by atoms with Crippen LogP contribution in [-0.4, -0.2) is 9.52 Å². The van der Waals surface area contributed by atoms with Gasteiger partial charge in [0.1, 0.15) is 0 Å². The lowest BCUT2D eigenvalue weighted by Gasteiger charge is -2.22. The fourth-order valence-corrected chi connectivity index (χ4v) is 11.2. The summed E-state index contributed by atoms with van der Waals surface area (Å²) in [5.41, 5.74) is 0.996. The summed E-state index contributed by atoms with van der Waals surface area (Å²) in [6.07, 6.45) is -11.3. The van der Waals surface area contributed by atoms with E-state index in [0.717, 1.165) is 84.3 Å². The fraction of sp³-hybridized carbons (Fsp3) is 0.391. The highest BCUT2D eigenvalue weighted by Gasteiger charge is 2.40. The second-order valence-corrected chi connectivity index (χ2v) is 17.7. The van der Waals surface area contributed by atoms with Crippen LogP contribution in [0.5, 0.6) is 0 Å². The van der Waals surface area contributed by atoms with Crippen LogP contribution in [-0.2, 0) is 24.7 Å². The van der Waals surface area contributed by atoms with Gasteiger partial charge in [0.05, 0.1) is 22.3 Å². The number of hydrogen-bond donors (Lipinski definition) is 0. The van der Waals surface area contributed by atoms with Gasteiger partial charge >= 0.3 is 24.7 Å². The van der Waals surface area contributed by atoms with Gasteiger partial charge in [-0.2, -0.15) is 52.7 Å². The Morgan fingerprint density at radius 3 is 1.08 bits per heavy atom. The van der Waals surface area contributed by atoms with Crippen LogP contribution < -0.4 is 0 Å². The lowest BCUT2D eigenvalue weighted by Crippen LogP contribution is -2.11. The van der Waals surface area contributed by atoms with Crippen molar-refractivity contribution in [3.05, 3.63) is 127 Å². The molecule has 0 N–H and O–H groups in total. The van der Waals surface area contributed by atoms with Crippen molar-refractivity contribution in [1.29, 1.82) is 0 Å². The van der Waals surface area contributed by atoms with Crippen molar-refractivity contribution in [1.82, 2.24) is 0 Å². The van der Waals surface area contributed by atoms with Crippen molar-refractivity contribution >= 4 is 21.7 Å². The van der Waals surface area contributed by atoms with Gasteiger partial charge in [-0.05, 0) is 132 Å². The smallest absolute Gasteiger partial charge is 0.166 e. The highest BCUT2D eigenvalue weighted by molar-refractivity contribution is 6.36. The summed E-state index contributed by atoms with van der Waals surface area (Å²) < 4.78 is 167. The maximum Gasteiger partial charge on any atom is 0.416 e. The largest absolute Gasteiger partial charge is 0.416 e. The molecule has 0 heterocycles. The van der Waals surface area contributed by atoms with Gasteiger partial charge < -0.3 is 0 Å². The maximum atomic E-state index is 13.9. The van der Waals surface area contributed by atoms with E-state index >= 15 is 0 Å². The molecule has 0 bridgehead atoms. The average Bonchev–Trinajstić information content (AvgIpc) is 3.67. The molecule has 0 radical (unpaired) electrons. The van der Waals surface area contributed by atoms with Crippen molar-refractivity contribution in [3.8, 4) is 22.3 Å². The molecule has 4 aromatic carbocycles. The SMILES string of the molecule is CCCCC1=Cc2c(ccc(C)c2-c2cc(C(F)(F)F)cc(C(F)(F)F)c2)C1C[SiH2]CC1C(CCCC)=Cc2c1ccc(C)c2-c1cc(C(F)(F)F)cc(C(F)(F)F)c1. The molecular formula is C46H44F12Si. The summed E-state index contributed by atoms with van der Waals surface area (Å²) in [6.45, 7) is 7.41. The van der Waals surface area contributed by atoms with Gasteiger partial charge in [-0.1, -0.05) is 86.3 Å². The molecule has 0 aromatic heterocycles. The molecule has 13 heteroatoms. The number of hydrogen-bond acceptors (Lipinski definition) is 0. The summed E-state index contributed by atoms with van der Waals surface area (Å²) in [5, 5.41) is 0. The first-order valence-electron chi connectivity index (χ1n) is 19.8. The van der Waals surface area contributed by atoms with Crippen LogP contribution >= 0.6 is 0 Å². The maximum absolute atomic E-state index is 13.9. The molecule has 2 unspecified atom stereocenters. The highest BCUT2D eigenvalue weighted by atomic mass is 28.2. The number of benzene rings is 4. The third-order valence-corrected chi connectivity index (χ3v) is 13.6. The Labute approximate surface area is 338 Å². The third-order valence-electron chi connectivity index (χ3n) is 11.7. The number of rotatable bonds is 12. The fourth-order valence-electron chi connectivity index (χ4n) is 8.81. The number of fused-ring (bicyclic) bond motifs is 2. The lowest BCUT2D eigenvalue weighted by atomic mass is 9.88. The quantitative estimate of drug-likeness (QED) is 0.0984. The molecule has 4 aromatic rings. The first-order chi connectivity index (χ1) is 27.5. The first kappa shape index (κ1) is 44.3. The van der Waals surface area contributed by atoms with E-state index in [-0.39, 0.29) is 35.1 Å². The zero-order valence-corrected chi connectivity index (χ0v) is 34.4. The summed E-state index contributed by atoms with van der Waals surface area (Å²) in [4.78, 5) is 0. The number of halogens is 12. The van der Waals surface area contributed by atoms with Gasteiger partial charge in [0.2, 0.25) is 0 Å². The van der Waals surface area contributed by atoms with E-state index in [9.17, 15) is 52.7 Å². The van der Waals surface area contributed by atoms with Crippen molar-refractivity contribution < 1.29 is 52.7 Å². The van der Waals surface area contributed by atoms with E-state index in [4.69, 9.17) is 0 Å². The van der Waals surface area contributed by atoms with Gasteiger partial charge in [-0.25, -0.2) is 0 Å². The Balaban J connectivity index is 1.37. The topological polar surface area (TPSA) is 0 Å². The molecule has 59 heavy (non-hydrogen) atoms. The van der Waals surface area contributed by atoms with Crippen molar-refractivity contribution in [2.75, 3.05) is 0 Å². The standard InChI is InChI=1S/C46H44F12Si/c1-5-7-9-27-19-37-35(13-11-25(3)41(37)29-15-31(43(47,48)49)21-32(16-29)44(50,51)52)39(27)23-59-24-40-28(10-8-6-2)20-38-36(40)14-12-26(4)42(38)30-17-33(45(53,54)55)22-34(18-30)46(56,57)58/h11-22,39-40H,5-10,23-24,59H2,1-4H3. The van der Waals surface area contributed by atoms with Gasteiger partial charge in [-0.15, -0.1) is 0 Å². The number of allylic oxidation sites excluding steroid dienone is 2. The van der Waals surface area contributed by atoms with Crippen LogP contribution in [0.15, 0.2) is 71.8 Å². The number of aryl methyl sites for hydroxylation is 2. The molecular weight excluding hydrogens is 809 g/mol. The second kappa shape index (κ2) is 16.7. The van der Waals surface area contributed by atoms with Crippen LogP contribution in [0.25, 0.3) is 34.4 Å². The second-order valence-electron chi connectivity index (χ2n) is 15.8. The Kier molecular flexibility index (Phi) is 12.5. The summed E-state index contributed by atoms with van der Waals surface area (Å²) >= 11 is 0. The van der Waals surface area contributed by atoms with Gasteiger partial charge in [0.25, 0.3) is 0 Å². The molecule has 2 aliphatic rings. The highest BCUT2D eigenvalue weighted by Crippen LogP contribution is 2.51. The normalized spacial score (nSPS) is 17.2. The average molecular weight is 853 g/mol. The Morgan fingerprint density at radius 1 is 0.475 bits per heavy atom. The molecule has 316 valence electrons. The third kappa shape index (κ3) is 9.39. The van der Waals surface area contributed by atoms with E-state index in [0.29, 0.717) is 46.2 Å². The minimum atomic E-state index is -5.00. The van der Waals surface area contributed by atoms with Crippen molar-refractivity contribution in [2.24, 2.45) is 0 Å². The van der Waals surface area contributed by atoms with Crippen molar-refractivity contribution in [2.45, 2.75) is 115 Å². The molecule has 0 spiro atoms. The monoisotopic (exact) mass is 852 g/mol. The van der Waals surface area contributed by atoms with E-state index in [1.54, 1.807) is 26.0 Å². The van der Waals surface area contributed by atoms with E-state index in [1.165, 1.54) is 0 Å². The molecule has 0 fully saturated rings. The Hall–Kier alpha value is -4.26. The van der Waals surface area contributed by atoms with E-state index in [1.807, 2.05) is 38.1 Å². The molecule has 0 saturated carbocycles. The first-order valence-corrected chi connectivity index (χ1v) is 21.8. The van der Waals surface area contributed by atoms with Gasteiger partial charge in [-0.3, -0.25) is 0 Å². The Morgan fingerprint density at radius 2 is 0.797 bits per heavy atom. The molecule has 2 aliphatic carbocycles. The number of unbranched alkanes of at least 4 members (excludes halogenated alkanes) is 2. The van der Waals surface area contributed by atoms with Crippen LogP contribution in [0.3, 0.4) is 0 Å². The minimum Gasteiger partial charge on any atom is -0.166 e. The summed E-state index contributed by atoms with van der Waals surface area (Å²) in [7, 11) is -0.983. The zero-order valence-electron chi connectivity index (χ0n) is 33.0. The van der Waals surface area contributed by atoms with Crippen molar-refractivity contribution in [3.63, 3.8) is 0 Å². The molecule has 6 rings (SSSR count). The number of alkyl halides is 12. The van der Waals surface area contributed by atoms with Gasteiger partial charge in [0, 0.05) is 21.4 Å². The van der Waals surface area contributed by atoms with Crippen LogP contribution in [0.1, 0.15) is 120 Å². The van der Waals surface area contributed by atoms with Gasteiger partial charge in [0.15, 0.2) is 0 Å². The summed E-state index contributed by atoms with van der Waals surface area (Å²) in [5.74, 6) is -0.197. The predicted molar refractivity (Wildman–Crippen MR) is 212 cm³/mol. The Bertz CT molecular complexity index is 2040.